The molecule has 3 heteroatoms. The third kappa shape index (κ3) is 5.26. The van der Waals surface area contributed by atoms with Crippen molar-refractivity contribution in [2.45, 2.75) is 52.0 Å². The van der Waals surface area contributed by atoms with E-state index in [1.807, 2.05) is 30.3 Å². The van der Waals surface area contributed by atoms with E-state index in [0.29, 0.717) is 0 Å². The van der Waals surface area contributed by atoms with E-state index in [-0.39, 0.29) is 11.9 Å². The van der Waals surface area contributed by atoms with Crippen LogP contribution in [0.2, 0.25) is 0 Å². The quantitative estimate of drug-likeness (QED) is 0.559. The maximum atomic E-state index is 13.7. The molecule has 2 aromatic carbocycles. The van der Waals surface area contributed by atoms with Crippen LogP contribution >= 0.6 is 0 Å². The second kappa shape index (κ2) is 9.31. The second-order valence-electron chi connectivity index (χ2n) is 6.25. The van der Waals surface area contributed by atoms with Gasteiger partial charge in [-0.2, -0.15) is 0 Å². The van der Waals surface area contributed by atoms with Crippen molar-refractivity contribution < 1.29 is 9.13 Å². The Kier molecular flexibility index (Phi) is 7.10. The first-order chi connectivity index (χ1) is 11.6. The van der Waals surface area contributed by atoms with Crippen molar-refractivity contribution in [1.82, 2.24) is 0 Å². The number of nitrogens with one attached hydrogen (secondary N) is 1. The maximum absolute atomic E-state index is 13.7. The first-order valence-corrected chi connectivity index (χ1v) is 8.83. The summed E-state index contributed by atoms with van der Waals surface area (Å²) in [5, 5.41) is 3.49. The molecule has 0 spiro atoms. The number of anilines is 1. The molecule has 0 fully saturated rings. The lowest BCUT2D eigenvalue weighted by atomic mass is 9.96. The fourth-order valence-corrected chi connectivity index (χ4v) is 2.97. The number of hydrogen-bond donors (Lipinski definition) is 1. The molecular weight excluding hydrogens is 301 g/mol. The van der Waals surface area contributed by atoms with Crippen LogP contribution in [-0.4, -0.2) is 7.11 Å². The first-order valence-electron chi connectivity index (χ1n) is 8.83. The van der Waals surface area contributed by atoms with Crippen LogP contribution in [0.5, 0.6) is 5.75 Å². The Morgan fingerprint density at radius 3 is 2.46 bits per heavy atom. The maximum Gasteiger partial charge on any atom is 0.123 e. The molecule has 1 N–H and O–H groups in total. The van der Waals surface area contributed by atoms with Crippen LogP contribution in [0.25, 0.3) is 0 Å². The highest BCUT2D eigenvalue weighted by atomic mass is 19.1. The van der Waals surface area contributed by atoms with Gasteiger partial charge in [0.2, 0.25) is 0 Å². The zero-order valence-corrected chi connectivity index (χ0v) is 14.9. The molecular formula is C21H28FNO. The van der Waals surface area contributed by atoms with Gasteiger partial charge in [-0.05, 0) is 67.3 Å². The molecule has 0 amide bonds. The molecule has 2 aromatic rings. The van der Waals surface area contributed by atoms with Crippen molar-refractivity contribution >= 4 is 5.69 Å². The summed E-state index contributed by atoms with van der Waals surface area (Å²) in [6, 6.07) is 13.1. The molecule has 24 heavy (non-hydrogen) atoms. The highest BCUT2D eigenvalue weighted by Crippen LogP contribution is 2.26. The monoisotopic (exact) mass is 329 g/mol. The lowest BCUT2D eigenvalue weighted by Crippen LogP contribution is -2.10. The molecule has 0 bridgehead atoms. The van der Waals surface area contributed by atoms with E-state index in [9.17, 15) is 4.39 Å². The Balaban J connectivity index is 2.07. The Morgan fingerprint density at radius 2 is 1.79 bits per heavy atom. The molecule has 0 saturated heterocycles. The summed E-state index contributed by atoms with van der Waals surface area (Å²) in [6.45, 7) is 4.32. The van der Waals surface area contributed by atoms with E-state index in [4.69, 9.17) is 4.74 Å². The molecule has 1 unspecified atom stereocenters. The summed E-state index contributed by atoms with van der Waals surface area (Å²) in [7, 11) is 1.66. The van der Waals surface area contributed by atoms with Crippen molar-refractivity contribution in [2.75, 3.05) is 12.4 Å². The highest BCUT2D eigenvalue weighted by Gasteiger charge is 2.12. The minimum Gasteiger partial charge on any atom is -0.497 e. The summed E-state index contributed by atoms with van der Waals surface area (Å²) in [5.74, 6) is 0.687. The van der Waals surface area contributed by atoms with Gasteiger partial charge in [-0.25, -0.2) is 4.39 Å². The molecule has 0 aliphatic heterocycles. The first kappa shape index (κ1) is 18.3. The molecule has 130 valence electrons. The average molecular weight is 329 g/mol. The van der Waals surface area contributed by atoms with Gasteiger partial charge in [-0.1, -0.05) is 32.3 Å². The number of halogens is 1. The van der Waals surface area contributed by atoms with E-state index >= 15 is 0 Å². The van der Waals surface area contributed by atoms with Crippen LogP contribution < -0.4 is 10.1 Å². The van der Waals surface area contributed by atoms with Crippen molar-refractivity contribution in [3.8, 4) is 5.75 Å². The van der Waals surface area contributed by atoms with Gasteiger partial charge in [0, 0.05) is 11.7 Å². The topological polar surface area (TPSA) is 21.3 Å². The number of hydrogen-bond acceptors (Lipinski definition) is 2. The number of benzene rings is 2. The van der Waals surface area contributed by atoms with Crippen molar-refractivity contribution in [2.24, 2.45) is 0 Å². The smallest absolute Gasteiger partial charge is 0.123 e. The SMILES string of the molecule is CCCCCCc1cc(F)ccc1C(C)Nc1ccc(OC)cc1. The third-order valence-electron chi connectivity index (χ3n) is 4.34. The Morgan fingerprint density at radius 1 is 1.04 bits per heavy atom. The van der Waals surface area contributed by atoms with Gasteiger partial charge in [-0.15, -0.1) is 0 Å². The minimum absolute atomic E-state index is 0.125. The van der Waals surface area contributed by atoms with E-state index in [1.54, 1.807) is 19.2 Å². The number of ether oxygens (including phenoxy) is 1. The second-order valence-corrected chi connectivity index (χ2v) is 6.25. The van der Waals surface area contributed by atoms with Gasteiger partial charge >= 0.3 is 0 Å². The van der Waals surface area contributed by atoms with Crippen LogP contribution in [0.3, 0.4) is 0 Å². The lowest BCUT2D eigenvalue weighted by Gasteiger charge is -2.19. The summed E-state index contributed by atoms with van der Waals surface area (Å²) in [6.07, 6.45) is 5.70. The normalized spacial score (nSPS) is 12.0. The molecule has 2 nitrogen and oxygen atoms in total. The summed E-state index contributed by atoms with van der Waals surface area (Å²) >= 11 is 0. The number of unbranched alkanes of at least 4 members (excludes halogenated alkanes) is 3. The molecule has 0 aliphatic carbocycles. The van der Waals surface area contributed by atoms with E-state index < -0.39 is 0 Å². The minimum atomic E-state index is -0.152. The van der Waals surface area contributed by atoms with E-state index in [2.05, 4.69) is 19.2 Å². The Labute approximate surface area is 145 Å². The van der Waals surface area contributed by atoms with Gasteiger partial charge in [0.15, 0.2) is 0 Å². The van der Waals surface area contributed by atoms with Gasteiger partial charge in [0.25, 0.3) is 0 Å². The predicted octanol–water partition coefficient (Wildman–Crippen LogP) is 6.13. The number of rotatable bonds is 9. The zero-order valence-electron chi connectivity index (χ0n) is 14.9. The number of methoxy groups -OCH3 is 1. The fraction of sp³-hybridized carbons (Fsp3) is 0.429. The fourth-order valence-electron chi connectivity index (χ4n) is 2.97. The van der Waals surface area contributed by atoms with Crippen molar-refractivity contribution in [3.05, 3.63) is 59.4 Å². The predicted molar refractivity (Wildman–Crippen MR) is 99.3 cm³/mol. The van der Waals surface area contributed by atoms with Crippen LogP contribution in [0.4, 0.5) is 10.1 Å². The summed E-state index contributed by atoms with van der Waals surface area (Å²) in [4.78, 5) is 0. The van der Waals surface area contributed by atoms with E-state index in [0.717, 1.165) is 29.8 Å². The van der Waals surface area contributed by atoms with Crippen molar-refractivity contribution in [1.29, 1.82) is 0 Å². The number of aryl methyl sites for hydroxylation is 1. The summed E-state index contributed by atoms with van der Waals surface area (Å²) < 4.78 is 18.8. The van der Waals surface area contributed by atoms with Crippen molar-refractivity contribution in [3.63, 3.8) is 0 Å². The molecule has 0 aromatic heterocycles. The van der Waals surface area contributed by atoms with E-state index in [1.165, 1.54) is 24.8 Å². The Hall–Kier alpha value is -2.03. The molecule has 1 atom stereocenters. The summed E-state index contributed by atoms with van der Waals surface area (Å²) in [5.41, 5.74) is 3.31. The zero-order chi connectivity index (χ0) is 17.4. The van der Waals surface area contributed by atoms with Gasteiger partial charge in [0.1, 0.15) is 11.6 Å². The van der Waals surface area contributed by atoms with Crippen LogP contribution in [-0.2, 0) is 6.42 Å². The van der Waals surface area contributed by atoms with Gasteiger partial charge < -0.3 is 10.1 Å². The van der Waals surface area contributed by atoms with Crippen LogP contribution in [0.1, 0.15) is 56.7 Å². The van der Waals surface area contributed by atoms with Crippen LogP contribution in [0, 0.1) is 5.82 Å². The molecule has 0 heterocycles. The standard InChI is InChI=1S/C21H28FNO/c1-4-5-6-7-8-17-15-18(22)9-14-21(17)16(2)23-19-10-12-20(24-3)13-11-19/h9-16,23H,4-8H2,1-3H3. The van der Waals surface area contributed by atoms with Gasteiger partial charge in [-0.3, -0.25) is 0 Å². The molecule has 2 rings (SSSR count). The van der Waals surface area contributed by atoms with Gasteiger partial charge in [0.05, 0.1) is 7.11 Å². The Bertz CT molecular complexity index is 624. The third-order valence-corrected chi connectivity index (χ3v) is 4.34. The molecule has 0 saturated carbocycles. The average Bonchev–Trinajstić information content (AvgIpc) is 2.59. The lowest BCUT2D eigenvalue weighted by molar-refractivity contribution is 0.415. The van der Waals surface area contributed by atoms with Crippen LogP contribution in [0.15, 0.2) is 42.5 Å². The largest absolute Gasteiger partial charge is 0.497 e. The molecule has 0 aliphatic rings. The molecule has 0 radical (unpaired) electrons. The highest BCUT2D eigenvalue weighted by molar-refractivity contribution is 5.49.